The van der Waals surface area contributed by atoms with Gasteiger partial charge in [0.1, 0.15) is 23.7 Å². The van der Waals surface area contributed by atoms with Gasteiger partial charge in [0.2, 0.25) is 0 Å². The smallest absolute Gasteiger partial charge is 0.135 e. The normalized spacial score (nSPS) is 13.2. The summed E-state index contributed by atoms with van der Waals surface area (Å²) in [6.07, 6.45) is 2.60. The van der Waals surface area contributed by atoms with Gasteiger partial charge in [0.15, 0.2) is 0 Å². The lowest BCUT2D eigenvalue weighted by Gasteiger charge is -2.30. The Morgan fingerprint density at radius 2 is 1.88 bits per heavy atom. The lowest BCUT2D eigenvalue weighted by molar-refractivity contribution is 0.413. The molecule has 0 unspecified atom stereocenters. The van der Waals surface area contributed by atoms with E-state index in [4.69, 9.17) is 4.74 Å². The van der Waals surface area contributed by atoms with Crippen molar-refractivity contribution in [1.29, 1.82) is 0 Å². The molecule has 0 saturated carbocycles. The Balaban J connectivity index is 1.53. The van der Waals surface area contributed by atoms with E-state index >= 15 is 0 Å². The van der Waals surface area contributed by atoms with Crippen LogP contribution in [0.2, 0.25) is 0 Å². The van der Waals surface area contributed by atoms with Crippen LogP contribution in [0.4, 0.5) is 17.3 Å². The molecule has 1 aliphatic rings. The molecule has 1 aromatic heterocycles. The van der Waals surface area contributed by atoms with Gasteiger partial charge in [-0.25, -0.2) is 9.97 Å². The number of methoxy groups -OCH3 is 1. The molecule has 5 nitrogen and oxygen atoms in total. The molecule has 1 aliphatic heterocycles. The monoisotopic (exact) mass is 332 g/mol. The van der Waals surface area contributed by atoms with Crippen molar-refractivity contribution < 1.29 is 4.74 Å². The molecule has 0 bridgehead atoms. The molecule has 0 radical (unpaired) electrons. The zero-order valence-corrected chi connectivity index (χ0v) is 14.1. The predicted octanol–water partition coefficient (Wildman–Crippen LogP) is 3.79. The summed E-state index contributed by atoms with van der Waals surface area (Å²) in [6, 6.07) is 18.3. The van der Waals surface area contributed by atoms with Gasteiger partial charge in [0.25, 0.3) is 0 Å². The highest BCUT2D eigenvalue weighted by Gasteiger charge is 2.18. The van der Waals surface area contributed by atoms with Crippen LogP contribution in [0.25, 0.3) is 0 Å². The fourth-order valence-corrected chi connectivity index (χ4v) is 3.11. The van der Waals surface area contributed by atoms with E-state index in [-0.39, 0.29) is 0 Å². The first-order valence-corrected chi connectivity index (χ1v) is 8.37. The van der Waals surface area contributed by atoms with Crippen LogP contribution >= 0.6 is 0 Å². The Hall–Kier alpha value is -3.08. The quantitative estimate of drug-likeness (QED) is 0.788. The summed E-state index contributed by atoms with van der Waals surface area (Å²) in [6.45, 7) is 1.78. The second-order valence-electron chi connectivity index (χ2n) is 6.06. The van der Waals surface area contributed by atoms with Gasteiger partial charge in [-0.2, -0.15) is 0 Å². The van der Waals surface area contributed by atoms with E-state index < -0.39 is 0 Å². The lowest BCUT2D eigenvalue weighted by atomic mass is 9.99. The first-order valence-electron chi connectivity index (χ1n) is 8.37. The average Bonchev–Trinajstić information content (AvgIpc) is 2.68. The molecular formula is C20H20N4O. The minimum absolute atomic E-state index is 0.803. The molecule has 0 aliphatic carbocycles. The summed E-state index contributed by atoms with van der Waals surface area (Å²) in [4.78, 5) is 11.1. The molecule has 2 heterocycles. The maximum atomic E-state index is 5.32. The standard InChI is InChI=1S/C20H20N4O/c1-25-18-8-7-16-13-24(10-9-15(16)11-18)20-12-19(21-14-22-20)23-17-5-3-2-4-6-17/h2-8,11-12,14H,9-10,13H2,1H3,(H,21,22,23). The summed E-state index contributed by atoms with van der Waals surface area (Å²) in [5.74, 6) is 2.66. The maximum absolute atomic E-state index is 5.32. The van der Waals surface area contributed by atoms with Crippen LogP contribution in [0.1, 0.15) is 11.1 Å². The van der Waals surface area contributed by atoms with Crippen LogP contribution in [-0.2, 0) is 13.0 Å². The third kappa shape index (κ3) is 3.40. The van der Waals surface area contributed by atoms with E-state index in [0.29, 0.717) is 0 Å². The number of nitrogens with zero attached hydrogens (tertiary/aromatic N) is 3. The van der Waals surface area contributed by atoms with Crippen molar-refractivity contribution in [3.8, 4) is 5.75 Å². The molecule has 0 saturated heterocycles. The summed E-state index contributed by atoms with van der Waals surface area (Å²) in [7, 11) is 1.71. The van der Waals surface area contributed by atoms with Crippen LogP contribution in [0.5, 0.6) is 5.75 Å². The molecule has 0 spiro atoms. The van der Waals surface area contributed by atoms with E-state index in [1.54, 1.807) is 13.4 Å². The highest BCUT2D eigenvalue weighted by molar-refractivity contribution is 5.59. The summed E-state index contributed by atoms with van der Waals surface area (Å²) in [5, 5.41) is 3.32. The molecule has 5 heteroatoms. The van der Waals surface area contributed by atoms with Crippen molar-refractivity contribution in [2.75, 3.05) is 23.9 Å². The average molecular weight is 332 g/mol. The Labute approximate surface area is 147 Å². The van der Waals surface area contributed by atoms with Crippen molar-refractivity contribution in [2.24, 2.45) is 0 Å². The predicted molar refractivity (Wildman–Crippen MR) is 99.5 cm³/mol. The van der Waals surface area contributed by atoms with Gasteiger partial charge in [0, 0.05) is 24.8 Å². The number of ether oxygens (including phenoxy) is 1. The Kier molecular flexibility index (Phi) is 4.21. The van der Waals surface area contributed by atoms with Gasteiger partial charge in [-0.1, -0.05) is 24.3 Å². The number of hydrogen-bond donors (Lipinski definition) is 1. The van der Waals surface area contributed by atoms with Gasteiger partial charge in [-0.15, -0.1) is 0 Å². The van der Waals surface area contributed by atoms with Gasteiger partial charge >= 0.3 is 0 Å². The Bertz CT molecular complexity index is 867. The van der Waals surface area contributed by atoms with Crippen LogP contribution in [0.15, 0.2) is 60.9 Å². The molecular weight excluding hydrogens is 312 g/mol. The fraction of sp³-hybridized carbons (Fsp3) is 0.200. The van der Waals surface area contributed by atoms with Crippen molar-refractivity contribution >= 4 is 17.3 Å². The van der Waals surface area contributed by atoms with E-state index in [0.717, 1.165) is 42.6 Å². The SMILES string of the molecule is COc1ccc2c(c1)CCN(c1cc(Nc3ccccc3)ncn1)C2. The van der Waals surface area contributed by atoms with Gasteiger partial charge in [-0.05, 0) is 41.8 Å². The number of anilines is 3. The number of fused-ring (bicyclic) bond motifs is 1. The largest absolute Gasteiger partial charge is 0.497 e. The minimum Gasteiger partial charge on any atom is -0.497 e. The van der Waals surface area contributed by atoms with E-state index in [1.165, 1.54) is 11.1 Å². The van der Waals surface area contributed by atoms with Crippen molar-refractivity contribution in [2.45, 2.75) is 13.0 Å². The second kappa shape index (κ2) is 6.81. The summed E-state index contributed by atoms with van der Waals surface area (Å²) >= 11 is 0. The molecule has 1 N–H and O–H groups in total. The topological polar surface area (TPSA) is 50.3 Å². The maximum Gasteiger partial charge on any atom is 0.135 e. The van der Waals surface area contributed by atoms with Gasteiger partial charge in [0.05, 0.1) is 7.11 Å². The van der Waals surface area contributed by atoms with E-state index in [2.05, 4.69) is 32.3 Å². The van der Waals surface area contributed by atoms with Gasteiger partial charge in [-0.3, -0.25) is 0 Å². The zero-order chi connectivity index (χ0) is 17.1. The molecule has 0 atom stereocenters. The number of benzene rings is 2. The van der Waals surface area contributed by atoms with Crippen LogP contribution < -0.4 is 15.0 Å². The third-order valence-corrected chi connectivity index (χ3v) is 4.45. The first kappa shape index (κ1) is 15.4. The minimum atomic E-state index is 0.803. The molecule has 25 heavy (non-hydrogen) atoms. The van der Waals surface area contributed by atoms with Gasteiger partial charge < -0.3 is 15.0 Å². The van der Waals surface area contributed by atoms with Crippen molar-refractivity contribution in [1.82, 2.24) is 9.97 Å². The Morgan fingerprint density at radius 1 is 1.00 bits per heavy atom. The van der Waals surface area contributed by atoms with E-state index in [9.17, 15) is 0 Å². The number of hydrogen-bond acceptors (Lipinski definition) is 5. The fourth-order valence-electron chi connectivity index (χ4n) is 3.11. The zero-order valence-electron chi connectivity index (χ0n) is 14.1. The molecule has 4 rings (SSSR count). The molecule has 126 valence electrons. The highest BCUT2D eigenvalue weighted by atomic mass is 16.5. The number of aromatic nitrogens is 2. The second-order valence-corrected chi connectivity index (χ2v) is 6.06. The van der Waals surface area contributed by atoms with E-state index in [1.807, 2.05) is 42.5 Å². The molecule has 2 aromatic carbocycles. The van der Waals surface area contributed by atoms with Crippen molar-refractivity contribution in [3.05, 3.63) is 72.1 Å². The lowest BCUT2D eigenvalue weighted by Crippen LogP contribution is -2.31. The van der Waals surface area contributed by atoms with Crippen LogP contribution in [-0.4, -0.2) is 23.6 Å². The van der Waals surface area contributed by atoms with Crippen molar-refractivity contribution in [3.63, 3.8) is 0 Å². The van der Waals surface area contributed by atoms with Crippen LogP contribution in [0, 0.1) is 0 Å². The summed E-state index contributed by atoms with van der Waals surface area (Å²) < 4.78 is 5.32. The highest BCUT2D eigenvalue weighted by Crippen LogP contribution is 2.27. The molecule has 0 amide bonds. The molecule has 0 fully saturated rings. The Morgan fingerprint density at radius 3 is 2.72 bits per heavy atom. The number of para-hydroxylation sites is 1. The number of rotatable bonds is 4. The third-order valence-electron chi connectivity index (χ3n) is 4.45. The van der Waals surface area contributed by atoms with Crippen LogP contribution in [0.3, 0.4) is 0 Å². The molecule has 3 aromatic rings. The number of nitrogens with one attached hydrogen (secondary N) is 1. The first-order chi connectivity index (χ1) is 12.3. The summed E-state index contributed by atoms with van der Waals surface area (Å²) in [5.41, 5.74) is 3.69.